The number of benzene rings is 2. The molecule has 2 aromatic carbocycles. The Bertz CT molecular complexity index is 1090. The van der Waals surface area contributed by atoms with Gasteiger partial charge in [0.1, 0.15) is 12.1 Å². The van der Waals surface area contributed by atoms with Crippen molar-refractivity contribution in [2.24, 2.45) is 11.7 Å². The second-order valence-corrected chi connectivity index (χ2v) is 9.81. The molecule has 10 heteroatoms. The largest absolute Gasteiger partial charge is 0.378 e. The highest BCUT2D eigenvalue weighted by Crippen LogP contribution is 2.11. The maximum atomic E-state index is 13.5. The lowest BCUT2D eigenvalue weighted by Crippen LogP contribution is -2.59. The standard InChI is InChI=1S/C29H39N5O5/c1-3-20(2)25(32-26(35)23(30)18-21-10-6-4-7-11-21)28(37)31-24(19-22-12-8-5-9-13-22)27(36)33-29(38)34-14-16-39-17-15-34/h4-13,20,23-25H,3,14-19,30H2,1-2H3,(H,31,37)(H,32,35)(H,33,36,38)/t20-,23-,24-,25-/m0/s1. The molecule has 5 N–H and O–H groups in total. The summed E-state index contributed by atoms with van der Waals surface area (Å²) in [7, 11) is 0. The average molecular weight is 538 g/mol. The molecule has 0 spiro atoms. The molecule has 0 aromatic heterocycles. The zero-order valence-corrected chi connectivity index (χ0v) is 22.6. The molecule has 5 amide bonds. The van der Waals surface area contributed by atoms with Gasteiger partial charge in [-0.05, 0) is 23.5 Å². The maximum absolute atomic E-state index is 13.5. The Morgan fingerprint density at radius 1 is 0.846 bits per heavy atom. The number of amides is 5. The summed E-state index contributed by atoms with van der Waals surface area (Å²) in [6.45, 7) is 5.31. The van der Waals surface area contributed by atoms with Crippen molar-refractivity contribution in [2.75, 3.05) is 26.3 Å². The Hall–Kier alpha value is -3.76. The monoisotopic (exact) mass is 537 g/mol. The molecule has 0 radical (unpaired) electrons. The summed E-state index contributed by atoms with van der Waals surface area (Å²) < 4.78 is 5.27. The van der Waals surface area contributed by atoms with Crippen LogP contribution in [0.3, 0.4) is 0 Å². The van der Waals surface area contributed by atoms with Gasteiger partial charge in [-0.25, -0.2) is 4.79 Å². The summed E-state index contributed by atoms with van der Waals surface area (Å²) in [6, 6.07) is 15.3. The number of carbonyl (C=O) groups excluding carboxylic acids is 4. The number of ether oxygens (including phenoxy) is 1. The molecule has 210 valence electrons. The van der Waals surface area contributed by atoms with E-state index in [1.165, 1.54) is 4.90 Å². The van der Waals surface area contributed by atoms with Crippen LogP contribution in [0.1, 0.15) is 31.4 Å². The lowest BCUT2D eigenvalue weighted by Gasteiger charge is -2.29. The van der Waals surface area contributed by atoms with Crippen LogP contribution in [0, 0.1) is 5.92 Å². The number of nitrogens with zero attached hydrogens (tertiary/aromatic N) is 1. The van der Waals surface area contributed by atoms with E-state index >= 15 is 0 Å². The van der Waals surface area contributed by atoms with E-state index in [2.05, 4.69) is 16.0 Å². The van der Waals surface area contributed by atoms with Crippen LogP contribution in [0.15, 0.2) is 60.7 Å². The highest BCUT2D eigenvalue weighted by molar-refractivity contribution is 5.99. The van der Waals surface area contributed by atoms with Crippen LogP contribution in [0.2, 0.25) is 0 Å². The molecule has 2 aromatic rings. The minimum Gasteiger partial charge on any atom is -0.378 e. The van der Waals surface area contributed by atoms with Gasteiger partial charge in [0.05, 0.1) is 19.3 Å². The third-order valence-electron chi connectivity index (χ3n) is 6.87. The number of rotatable bonds is 11. The summed E-state index contributed by atoms with van der Waals surface area (Å²) in [6.07, 6.45) is 1.10. The quantitative estimate of drug-likeness (QED) is 0.341. The fraction of sp³-hybridized carbons (Fsp3) is 0.448. The number of carbonyl (C=O) groups is 4. The first-order valence-electron chi connectivity index (χ1n) is 13.4. The van der Waals surface area contributed by atoms with Crippen LogP contribution >= 0.6 is 0 Å². The predicted molar refractivity (Wildman–Crippen MR) is 148 cm³/mol. The number of nitrogens with one attached hydrogen (secondary N) is 3. The molecule has 0 unspecified atom stereocenters. The molecule has 1 fully saturated rings. The average Bonchev–Trinajstić information content (AvgIpc) is 2.96. The van der Waals surface area contributed by atoms with Gasteiger partial charge in [0.25, 0.3) is 5.91 Å². The number of hydrogen-bond acceptors (Lipinski definition) is 6. The van der Waals surface area contributed by atoms with Crippen LogP contribution in [0.5, 0.6) is 0 Å². The van der Waals surface area contributed by atoms with E-state index in [1.807, 2.05) is 74.5 Å². The van der Waals surface area contributed by atoms with E-state index in [0.29, 0.717) is 39.1 Å². The first-order chi connectivity index (χ1) is 18.8. The summed E-state index contributed by atoms with van der Waals surface area (Å²) in [5.74, 6) is -1.82. The van der Waals surface area contributed by atoms with Gasteiger partial charge in [-0.3, -0.25) is 19.7 Å². The predicted octanol–water partition coefficient (Wildman–Crippen LogP) is 1.38. The Morgan fingerprint density at radius 2 is 1.41 bits per heavy atom. The molecule has 1 saturated heterocycles. The summed E-state index contributed by atoms with van der Waals surface area (Å²) in [5.41, 5.74) is 7.88. The summed E-state index contributed by atoms with van der Waals surface area (Å²) >= 11 is 0. The van der Waals surface area contributed by atoms with Gasteiger partial charge >= 0.3 is 6.03 Å². The SMILES string of the molecule is CC[C@H](C)[C@H](NC(=O)[C@@H](N)Cc1ccccc1)C(=O)N[C@@H](Cc1ccccc1)C(=O)NC(=O)N1CCOCC1. The lowest BCUT2D eigenvalue weighted by atomic mass is 9.96. The fourth-order valence-electron chi connectivity index (χ4n) is 4.28. The highest BCUT2D eigenvalue weighted by atomic mass is 16.5. The van der Waals surface area contributed by atoms with Crippen molar-refractivity contribution in [3.8, 4) is 0 Å². The third-order valence-corrected chi connectivity index (χ3v) is 6.87. The van der Waals surface area contributed by atoms with Crippen molar-refractivity contribution in [3.63, 3.8) is 0 Å². The fourth-order valence-corrected chi connectivity index (χ4v) is 4.28. The molecule has 39 heavy (non-hydrogen) atoms. The topological polar surface area (TPSA) is 143 Å². The number of nitrogens with two attached hydrogens (primary N) is 1. The van der Waals surface area contributed by atoms with Crippen LogP contribution in [0.25, 0.3) is 0 Å². The normalized spacial score (nSPS) is 16.3. The first kappa shape index (κ1) is 29.8. The van der Waals surface area contributed by atoms with Gasteiger partial charge in [0.15, 0.2) is 0 Å². The van der Waals surface area contributed by atoms with Gasteiger partial charge in [-0.1, -0.05) is 80.9 Å². The van der Waals surface area contributed by atoms with E-state index in [0.717, 1.165) is 11.1 Å². The van der Waals surface area contributed by atoms with Crippen molar-refractivity contribution >= 4 is 23.8 Å². The van der Waals surface area contributed by atoms with Crippen LogP contribution in [0.4, 0.5) is 4.79 Å². The van der Waals surface area contributed by atoms with Crippen molar-refractivity contribution in [3.05, 3.63) is 71.8 Å². The first-order valence-corrected chi connectivity index (χ1v) is 13.4. The minimum absolute atomic E-state index is 0.170. The zero-order valence-electron chi connectivity index (χ0n) is 22.6. The molecule has 1 aliphatic heterocycles. The van der Waals surface area contributed by atoms with Crippen molar-refractivity contribution < 1.29 is 23.9 Å². The van der Waals surface area contributed by atoms with E-state index < -0.39 is 41.9 Å². The second-order valence-electron chi connectivity index (χ2n) is 9.81. The summed E-state index contributed by atoms with van der Waals surface area (Å²) in [5, 5.41) is 7.99. The van der Waals surface area contributed by atoms with Gasteiger partial charge in [0.2, 0.25) is 11.8 Å². The van der Waals surface area contributed by atoms with Crippen molar-refractivity contribution in [1.29, 1.82) is 0 Å². The van der Waals surface area contributed by atoms with Crippen LogP contribution in [-0.2, 0) is 32.0 Å². The van der Waals surface area contributed by atoms with E-state index in [1.54, 1.807) is 0 Å². The van der Waals surface area contributed by atoms with E-state index in [9.17, 15) is 19.2 Å². The minimum atomic E-state index is -1.04. The molecule has 1 aliphatic rings. The third kappa shape index (κ3) is 9.19. The van der Waals surface area contributed by atoms with E-state index in [-0.39, 0.29) is 12.3 Å². The molecular formula is C29H39N5O5. The highest BCUT2D eigenvalue weighted by Gasteiger charge is 2.32. The molecule has 0 saturated carbocycles. The Morgan fingerprint density at radius 3 is 1.97 bits per heavy atom. The lowest BCUT2D eigenvalue weighted by molar-refractivity contribution is -0.133. The van der Waals surface area contributed by atoms with Gasteiger partial charge in [0, 0.05) is 19.5 Å². The maximum Gasteiger partial charge on any atom is 0.324 e. The molecule has 1 heterocycles. The van der Waals surface area contributed by atoms with E-state index in [4.69, 9.17) is 10.5 Å². The molecule has 3 rings (SSSR count). The molecule has 0 aliphatic carbocycles. The number of hydrogen-bond donors (Lipinski definition) is 4. The summed E-state index contributed by atoms with van der Waals surface area (Å²) in [4.78, 5) is 53.8. The van der Waals surface area contributed by atoms with Crippen molar-refractivity contribution in [1.82, 2.24) is 20.9 Å². The zero-order chi connectivity index (χ0) is 28.2. The van der Waals surface area contributed by atoms with Crippen LogP contribution < -0.4 is 21.7 Å². The molecule has 4 atom stereocenters. The Kier molecular flexibility index (Phi) is 11.4. The molecular weight excluding hydrogens is 498 g/mol. The number of imide groups is 1. The Labute approximate surface area is 229 Å². The molecule has 0 bridgehead atoms. The van der Waals surface area contributed by atoms with Crippen LogP contribution in [-0.4, -0.2) is 73.1 Å². The smallest absolute Gasteiger partial charge is 0.324 e. The second kappa shape index (κ2) is 15.0. The van der Waals surface area contributed by atoms with Gasteiger partial charge in [-0.2, -0.15) is 0 Å². The Balaban J connectivity index is 1.71. The van der Waals surface area contributed by atoms with Gasteiger partial charge < -0.3 is 26.0 Å². The van der Waals surface area contributed by atoms with Crippen molar-refractivity contribution in [2.45, 2.75) is 51.2 Å². The number of urea groups is 1. The molecule has 10 nitrogen and oxygen atoms in total. The number of morpholine rings is 1. The van der Waals surface area contributed by atoms with Gasteiger partial charge in [-0.15, -0.1) is 0 Å².